The standard InChI is InChI=1S/C21H27N3O6S/c1-4-29-21(26)17-5-7-18(8-6-17)31(27,28)24-11-9-16(10-12-24)20(25)22-13-19-14(2)23-30-15(19)3/h5-8,16H,4,9-13H2,1-3H3,(H,22,25). The molecular formula is C21H27N3O6S. The lowest BCUT2D eigenvalue weighted by molar-refractivity contribution is -0.126. The summed E-state index contributed by atoms with van der Waals surface area (Å²) in [5.41, 5.74) is 1.90. The first-order valence-electron chi connectivity index (χ1n) is 10.2. The number of amides is 1. The Bertz CT molecular complexity index is 1020. The average Bonchev–Trinajstić information content (AvgIpc) is 3.09. The molecule has 0 radical (unpaired) electrons. The van der Waals surface area contributed by atoms with Gasteiger partial charge in [0.2, 0.25) is 15.9 Å². The minimum Gasteiger partial charge on any atom is -0.462 e. The lowest BCUT2D eigenvalue weighted by Gasteiger charge is -2.30. The molecular weight excluding hydrogens is 422 g/mol. The Labute approximate surface area is 181 Å². The second-order valence-corrected chi connectivity index (χ2v) is 9.38. The summed E-state index contributed by atoms with van der Waals surface area (Å²) in [4.78, 5) is 24.4. The Balaban J connectivity index is 1.56. The number of hydrogen-bond donors (Lipinski definition) is 1. The first-order valence-corrected chi connectivity index (χ1v) is 11.6. The summed E-state index contributed by atoms with van der Waals surface area (Å²) in [6.07, 6.45) is 0.876. The number of sulfonamides is 1. The molecule has 1 fully saturated rings. The van der Waals surface area contributed by atoms with Crippen molar-refractivity contribution in [2.45, 2.75) is 45.1 Å². The summed E-state index contributed by atoms with van der Waals surface area (Å²) in [6, 6.07) is 5.70. The summed E-state index contributed by atoms with van der Waals surface area (Å²) >= 11 is 0. The van der Waals surface area contributed by atoms with Gasteiger partial charge in [0.1, 0.15) is 5.76 Å². The fourth-order valence-corrected chi connectivity index (χ4v) is 5.03. The highest BCUT2D eigenvalue weighted by molar-refractivity contribution is 7.89. The van der Waals surface area contributed by atoms with Gasteiger partial charge in [-0.2, -0.15) is 4.31 Å². The first-order chi connectivity index (χ1) is 14.7. The highest BCUT2D eigenvalue weighted by atomic mass is 32.2. The van der Waals surface area contributed by atoms with Gasteiger partial charge in [-0.25, -0.2) is 13.2 Å². The van der Waals surface area contributed by atoms with Gasteiger partial charge in [-0.15, -0.1) is 0 Å². The van der Waals surface area contributed by atoms with E-state index in [0.717, 1.165) is 11.3 Å². The van der Waals surface area contributed by atoms with E-state index in [2.05, 4.69) is 10.5 Å². The number of carbonyl (C=O) groups excluding carboxylic acids is 2. The molecule has 0 unspecified atom stereocenters. The SMILES string of the molecule is CCOC(=O)c1ccc(S(=O)(=O)N2CCC(C(=O)NCc3c(C)noc3C)CC2)cc1. The molecule has 3 rings (SSSR count). The van der Waals surface area contributed by atoms with Crippen molar-refractivity contribution >= 4 is 21.9 Å². The molecule has 0 saturated carbocycles. The third-order valence-electron chi connectivity index (χ3n) is 5.45. The fraction of sp³-hybridized carbons (Fsp3) is 0.476. The maximum atomic E-state index is 12.9. The predicted molar refractivity (Wildman–Crippen MR) is 112 cm³/mol. The number of piperidine rings is 1. The normalized spacial score (nSPS) is 15.6. The fourth-order valence-electron chi connectivity index (χ4n) is 3.56. The molecule has 0 spiro atoms. The lowest BCUT2D eigenvalue weighted by atomic mass is 9.97. The van der Waals surface area contributed by atoms with Gasteiger partial charge >= 0.3 is 5.97 Å². The van der Waals surface area contributed by atoms with Gasteiger partial charge in [-0.1, -0.05) is 5.16 Å². The average molecular weight is 450 g/mol. The van der Waals surface area contributed by atoms with Gasteiger partial charge < -0.3 is 14.6 Å². The van der Waals surface area contributed by atoms with Crippen LogP contribution in [-0.4, -0.2) is 49.5 Å². The van der Waals surface area contributed by atoms with Crippen molar-refractivity contribution < 1.29 is 27.3 Å². The van der Waals surface area contributed by atoms with Crippen molar-refractivity contribution in [3.63, 3.8) is 0 Å². The van der Waals surface area contributed by atoms with Gasteiger partial charge in [0.25, 0.3) is 0 Å². The van der Waals surface area contributed by atoms with Crippen LogP contribution in [0.4, 0.5) is 0 Å². The van der Waals surface area contributed by atoms with Crippen molar-refractivity contribution in [2.24, 2.45) is 5.92 Å². The monoisotopic (exact) mass is 449 g/mol. The highest BCUT2D eigenvalue weighted by Gasteiger charge is 2.32. The topological polar surface area (TPSA) is 119 Å². The number of benzene rings is 1. The van der Waals surface area contributed by atoms with Crippen LogP contribution in [0.5, 0.6) is 0 Å². The van der Waals surface area contributed by atoms with Crippen LogP contribution in [0.1, 0.15) is 47.1 Å². The lowest BCUT2D eigenvalue weighted by Crippen LogP contribution is -2.42. The molecule has 10 heteroatoms. The Morgan fingerprint density at radius 1 is 1.19 bits per heavy atom. The molecule has 0 aliphatic carbocycles. The Morgan fingerprint density at radius 2 is 1.84 bits per heavy atom. The number of esters is 1. The van der Waals surface area contributed by atoms with Gasteiger partial charge in [0.05, 0.1) is 22.8 Å². The highest BCUT2D eigenvalue weighted by Crippen LogP contribution is 2.24. The molecule has 31 heavy (non-hydrogen) atoms. The molecule has 1 amide bonds. The second kappa shape index (κ2) is 9.61. The summed E-state index contributed by atoms with van der Waals surface area (Å²) in [6.45, 7) is 6.42. The number of hydrogen-bond acceptors (Lipinski definition) is 7. The van der Waals surface area contributed by atoms with Gasteiger partial charge in [-0.05, 0) is 57.9 Å². The molecule has 2 aromatic rings. The van der Waals surface area contributed by atoms with E-state index >= 15 is 0 Å². The summed E-state index contributed by atoms with van der Waals surface area (Å²) in [7, 11) is -3.70. The van der Waals surface area contributed by atoms with Crippen LogP contribution in [0.3, 0.4) is 0 Å². The second-order valence-electron chi connectivity index (χ2n) is 7.44. The largest absolute Gasteiger partial charge is 0.462 e. The number of aryl methyl sites for hydroxylation is 2. The Hall–Kier alpha value is -2.72. The zero-order valence-electron chi connectivity index (χ0n) is 17.9. The molecule has 1 aromatic carbocycles. The minimum atomic E-state index is -3.70. The molecule has 1 aliphatic rings. The van der Waals surface area contributed by atoms with Crippen LogP contribution in [0.25, 0.3) is 0 Å². The maximum Gasteiger partial charge on any atom is 0.338 e. The number of nitrogens with one attached hydrogen (secondary N) is 1. The summed E-state index contributed by atoms with van der Waals surface area (Å²) < 4.78 is 37.2. The number of aromatic nitrogens is 1. The van der Waals surface area contributed by atoms with E-state index in [1.807, 2.05) is 6.92 Å². The van der Waals surface area contributed by atoms with Crippen LogP contribution in [0.15, 0.2) is 33.7 Å². The number of carbonyl (C=O) groups is 2. The van der Waals surface area contributed by atoms with E-state index in [9.17, 15) is 18.0 Å². The van der Waals surface area contributed by atoms with Crippen molar-refractivity contribution in [3.05, 3.63) is 46.8 Å². The first kappa shape index (κ1) is 23.0. The third kappa shape index (κ3) is 5.13. The summed E-state index contributed by atoms with van der Waals surface area (Å²) in [5.74, 6) is -0.170. The van der Waals surface area contributed by atoms with Crippen molar-refractivity contribution in [1.82, 2.24) is 14.8 Å². The van der Waals surface area contributed by atoms with Crippen LogP contribution in [-0.2, 0) is 26.1 Å². The Kier molecular flexibility index (Phi) is 7.11. The van der Waals surface area contributed by atoms with Crippen LogP contribution in [0.2, 0.25) is 0 Å². The van der Waals surface area contributed by atoms with E-state index in [1.54, 1.807) is 13.8 Å². The van der Waals surface area contributed by atoms with Crippen LogP contribution >= 0.6 is 0 Å². The number of nitrogens with zero attached hydrogens (tertiary/aromatic N) is 2. The van der Waals surface area contributed by atoms with Crippen molar-refractivity contribution in [1.29, 1.82) is 0 Å². The van der Waals surface area contributed by atoms with Crippen molar-refractivity contribution in [2.75, 3.05) is 19.7 Å². The third-order valence-corrected chi connectivity index (χ3v) is 7.36. The molecule has 168 valence electrons. The minimum absolute atomic E-state index is 0.101. The van der Waals surface area contributed by atoms with E-state index in [1.165, 1.54) is 28.6 Å². The number of rotatable bonds is 7. The van der Waals surface area contributed by atoms with Gasteiger partial charge in [0, 0.05) is 31.1 Å². The van der Waals surface area contributed by atoms with Crippen LogP contribution in [0, 0.1) is 19.8 Å². The molecule has 9 nitrogen and oxygen atoms in total. The number of ether oxygens (including phenoxy) is 1. The molecule has 1 N–H and O–H groups in total. The molecule has 1 aliphatic heterocycles. The molecule has 1 saturated heterocycles. The molecule has 2 heterocycles. The van der Waals surface area contributed by atoms with Crippen molar-refractivity contribution in [3.8, 4) is 0 Å². The Morgan fingerprint density at radius 3 is 2.39 bits per heavy atom. The maximum absolute atomic E-state index is 12.9. The smallest absolute Gasteiger partial charge is 0.338 e. The van der Waals surface area contributed by atoms with Gasteiger partial charge in [-0.3, -0.25) is 4.79 Å². The van der Waals surface area contributed by atoms with E-state index in [-0.39, 0.29) is 36.4 Å². The molecule has 0 bridgehead atoms. The van der Waals surface area contributed by atoms with Gasteiger partial charge in [0.15, 0.2) is 0 Å². The van der Waals surface area contributed by atoms with Crippen LogP contribution < -0.4 is 5.32 Å². The molecule has 1 aromatic heterocycles. The van der Waals surface area contributed by atoms with E-state index in [0.29, 0.717) is 30.7 Å². The van der Waals surface area contributed by atoms with E-state index < -0.39 is 16.0 Å². The predicted octanol–water partition coefficient (Wildman–Crippen LogP) is 2.19. The molecule has 0 atom stereocenters. The van der Waals surface area contributed by atoms with E-state index in [4.69, 9.17) is 9.26 Å². The zero-order valence-corrected chi connectivity index (χ0v) is 18.7. The quantitative estimate of drug-likeness (QED) is 0.644. The zero-order chi connectivity index (χ0) is 22.6. The summed E-state index contributed by atoms with van der Waals surface area (Å²) in [5, 5.41) is 6.77.